The standard InChI is InChI=1S/C19H18N2O5/c1-23-12-7-8-14(16(10-12)25-3)21-19(22)13-9-11-5-4-6-15(24-2)17(11)26-18(13)20/h4-10,20H,1-3H3,(H,21,22). The second-order valence-electron chi connectivity index (χ2n) is 5.39. The molecule has 0 aliphatic heterocycles. The van der Waals surface area contributed by atoms with Gasteiger partial charge in [0.1, 0.15) is 17.1 Å². The first-order valence-electron chi connectivity index (χ1n) is 7.76. The zero-order valence-electron chi connectivity index (χ0n) is 14.6. The number of carbonyl (C=O) groups is 1. The Morgan fingerprint density at radius 1 is 1.00 bits per heavy atom. The van der Waals surface area contributed by atoms with Crippen LogP contribution in [0.2, 0.25) is 0 Å². The Kier molecular flexibility index (Phi) is 4.79. The number of amides is 1. The Balaban J connectivity index is 1.98. The predicted octanol–water partition coefficient (Wildman–Crippen LogP) is 3.19. The number of fused-ring (bicyclic) bond motifs is 1. The Labute approximate surface area is 149 Å². The molecule has 0 saturated heterocycles. The van der Waals surface area contributed by atoms with Crippen LogP contribution >= 0.6 is 0 Å². The Morgan fingerprint density at radius 3 is 2.46 bits per heavy atom. The lowest BCUT2D eigenvalue weighted by molar-refractivity contribution is 0.102. The maximum absolute atomic E-state index is 12.6. The van der Waals surface area contributed by atoms with E-state index < -0.39 is 5.91 Å². The highest BCUT2D eigenvalue weighted by molar-refractivity contribution is 6.06. The third kappa shape index (κ3) is 3.19. The molecule has 0 radical (unpaired) electrons. The SMILES string of the molecule is COc1ccc(NC(=O)c2cc3cccc(OC)c3oc2=N)c(OC)c1. The molecule has 134 valence electrons. The Bertz CT molecular complexity index is 1030. The number of para-hydroxylation sites is 1. The lowest BCUT2D eigenvalue weighted by Gasteiger charge is -2.12. The number of rotatable bonds is 5. The fourth-order valence-corrected chi connectivity index (χ4v) is 2.55. The molecular formula is C19H18N2O5. The molecule has 0 aliphatic carbocycles. The molecule has 0 aliphatic rings. The molecule has 0 fully saturated rings. The quantitative estimate of drug-likeness (QED) is 0.734. The van der Waals surface area contributed by atoms with Gasteiger partial charge in [0.2, 0.25) is 5.55 Å². The van der Waals surface area contributed by atoms with Crippen molar-refractivity contribution in [3.05, 3.63) is 53.6 Å². The number of anilines is 1. The molecule has 0 saturated carbocycles. The van der Waals surface area contributed by atoms with Crippen LogP contribution in [0.15, 0.2) is 46.9 Å². The monoisotopic (exact) mass is 354 g/mol. The molecule has 7 nitrogen and oxygen atoms in total. The second-order valence-corrected chi connectivity index (χ2v) is 5.39. The van der Waals surface area contributed by atoms with Gasteiger partial charge in [-0.2, -0.15) is 0 Å². The van der Waals surface area contributed by atoms with E-state index in [1.807, 2.05) is 0 Å². The van der Waals surface area contributed by atoms with Crippen LogP contribution in [0.4, 0.5) is 5.69 Å². The zero-order chi connectivity index (χ0) is 18.7. The Morgan fingerprint density at radius 2 is 1.77 bits per heavy atom. The Hall–Kier alpha value is -3.48. The molecule has 0 unspecified atom stereocenters. The van der Waals surface area contributed by atoms with Gasteiger partial charge in [-0.1, -0.05) is 12.1 Å². The molecule has 0 spiro atoms. The van der Waals surface area contributed by atoms with Gasteiger partial charge in [-0.05, 0) is 24.3 Å². The van der Waals surface area contributed by atoms with Crippen LogP contribution in [0.1, 0.15) is 10.4 Å². The lowest BCUT2D eigenvalue weighted by Crippen LogP contribution is -2.21. The lowest BCUT2D eigenvalue weighted by atomic mass is 10.1. The highest BCUT2D eigenvalue weighted by atomic mass is 16.5. The van der Waals surface area contributed by atoms with Gasteiger partial charge in [-0.15, -0.1) is 0 Å². The molecule has 26 heavy (non-hydrogen) atoms. The summed E-state index contributed by atoms with van der Waals surface area (Å²) >= 11 is 0. The normalized spacial score (nSPS) is 10.4. The van der Waals surface area contributed by atoms with E-state index in [9.17, 15) is 4.79 Å². The van der Waals surface area contributed by atoms with Gasteiger partial charge in [0.05, 0.1) is 27.0 Å². The zero-order valence-corrected chi connectivity index (χ0v) is 14.6. The molecule has 3 rings (SSSR count). The van der Waals surface area contributed by atoms with Crippen molar-refractivity contribution in [1.82, 2.24) is 0 Å². The van der Waals surface area contributed by atoms with Gasteiger partial charge in [0, 0.05) is 11.5 Å². The van der Waals surface area contributed by atoms with E-state index in [1.165, 1.54) is 14.2 Å². The van der Waals surface area contributed by atoms with Crippen molar-refractivity contribution in [2.75, 3.05) is 26.6 Å². The first-order valence-corrected chi connectivity index (χ1v) is 7.76. The minimum Gasteiger partial charge on any atom is -0.497 e. The van der Waals surface area contributed by atoms with Crippen molar-refractivity contribution < 1.29 is 23.4 Å². The summed E-state index contributed by atoms with van der Waals surface area (Å²) in [6.45, 7) is 0. The van der Waals surface area contributed by atoms with E-state index >= 15 is 0 Å². The van der Waals surface area contributed by atoms with Crippen LogP contribution in [-0.2, 0) is 0 Å². The predicted molar refractivity (Wildman–Crippen MR) is 96.1 cm³/mol. The number of nitrogens with one attached hydrogen (secondary N) is 2. The summed E-state index contributed by atoms with van der Waals surface area (Å²) in [6.07, 6.45) is 0. The fourth-order valence-electron chi connectivity index (χ4n) is 2.55. The van der Waals surface area contributed by atoms with E-state index in [0.29, 0.717) is 33.9 Å². The molecule has 2 aromatic carbocycles. The van der Waals surface area contributed by atoms with Crippen molar-refractivity contribution >= 4 is 22.6 Å². The summed E-state index contributed by atoms with van der Waals surface area (Å²) in [4.78, 5) is 12.6. The molecule has 7 heteroatoms. The topological polar surface area (TPSA) is 93.8 Å². The third-order valence-corrected chi connectivity index (χ3v) is 3.88. The average molecular weight is 354 g/mol. The van der Waals surface area contributed by atoms with Crippen LogP contribution in [0.25, 0.3) is 11.0 Å². The summed E-state index contributed by atoms with van der Waals surface area (Å²) in [5.74, 6) is 1.07. The van der Waals surface area contributed by atoms with Gasteiger partial charge in [0.15, 0.2) is 11.3 Å². The summed E-state index contributed by atoms with van der Waals surface area (Å²) in [5.41, 5.74) is 0.720. The number of carbonyl (C=O) groups excluding carboxylic acids is 1. The van der Waals surface area contributed by atoms with E-state index in [-0.39, 0.29) is 11.1 Å². The first-order chi connectivity index (χ1) is 12.6. The number of hydrogen-bond acceptors (Lipinski definition) is 6. The largest absolute Gasteiger partial charge is 0.497 e. The molecule has 1 aromatic heterocycles. The highest BCUT2D eigenvalue weighted by Gasteiger charge is 2.16. The van der Waals surface area contributed by atoms with Gasteiger partial charge in [-0.3, -0.25) is 10.2 Å². The number of benzene rings is 2. The number of ether oxygens (including phenoxy) is 3. The summed E-state index contributed by atoms with van der Waals surface area (Å²) in [6, 6.07) is 11.9. The molecule has 0 atom stereocenters. The average Bonchev–Trinajstić information content (AvgIpc) is 2.67. The van der Waals surface area contributed by atoms with Crippen LogP contribution < -0.4 is 25.1 Å². The van der Waals surface area contributed by atoms with Crippen molar-refractivity contribution in [2.45, 2.75) is 0 Å². The van der Waals surface area contributed by atoms with Gasteiger partial charge in [0.25, 0.3) is 5.91 Å². The van der Waals surface area contributed by atoms with Crippen molar-refractivity contribution in [3.63, 3.8) is 0 Å². The smallest absolute Gasteiger partial charge is 0.261 e. The van der Waals surface area contributed by atoms with Crippen LogP contribution in [0.3, 0.4) is 0 Å². The molecule has 1 amide bonds. The van der Waals surface area contributed by atoms with Gasteiger partial charge in [-0.25, -0.2) is 0 Å². The maximum atomic E-state index is 12.6. The number of methoxy groups -OCH3 is 3. The van der Waals surface area contributed by atoms with E-state index in [2.05, 4.69) is 5.32 Å². The van der Waals surface area contributed by atoms with E-state index in [0.717, 1.165) is 0 Å². The molecule has 3 aromatic rings. The highest BCUT2D eigenvalue weighted by Crippen LogP contribution is 2.30. The van der Waals surface area contributed by atoms with E-state index in [4.69, 9.17) is 24.0 Å². The van der Waals surface area contributed by atoms with Crippen LogP contribution in [0, 0.1) is 5.41 Å². The van der Waals surface area contributed by atoms with Crippen LogP contribution in [-0.4, -0.2) is 27.2 Å². The molecule has 0 bridgehead atoms. The maximum Gasteiger partial charge on any atom is 0.261 e. The summed E-state index contributed by atoms with van der Waals surface area (Å²) < 4.78 is 21.1. The summed E-state index contributed by atoms with van der Waals surface area (Å²) in [7, 11) is 4.56. The van der Waals surface area contributed by atoms with Crippen molar-refractivity contribution in [1.29, 1.82) is 5.41 Å². The molecular weight excluding hydrogens is 336 g/mol. The number of hydrogen-bond donors (Lipinski definition) is 2. The summed E-state index contributed by atoms with van der Waals surface area (Å²) in [5, 5.41) is 11.4. The first kappa shape index (κ1) is 17.3. The van der Waals surface area contributed by atoms with E-state index in [1.54, 1.807) is 49.6 Å². The fraction of sp³-hybridized carbons (Fsp3) is 0.158. The minimum absolute atomic E-state index is 0.101. The molecule has 2 N–H and O–H groups in total. The van der Waals surface area contributed by atoms with Gasteiger partial charge >= 0.3 is 0 Å². The second kappa shape index (κ2) is 7.18. The third-order valence-electron chi connectivity index (χ3n) is 3.88. The van der Waals surface area contributed by atoms with Crippen molar-refractivity contribution in [3.8, 4) is 17.2 Å². The van der Waals surface area contributed by atoms with Gasteiger partial charge < -0.3 is 23.9 Å². The van der Waals surface area contributed by atoms with Crippen molar-refractivity contribution in [2.24, 2.45) is 0 Å². The minimum atomic E-state index is -0.480. The molecule has 1 heterocycles. The van der Waals surface area contributed by atoms with Crippen LogP contribution in [0.5, 0.6) is 17.2 Å².